The summed E-state index contributed by atoms with van der Waals surface area (Å²) in [7, 11) is 1.34. The molecular weight excluding hydrogens is 265 g/mol. The number of amides is 1. The predicted molar refractivity (Wildman–Crippen MR) is 71.3 cm³/mol. The summed E-state index contributed by atoms with van der Waals surface area (Å²) in [5, 5.41) is 11.3. The van der Waals surface area contributed by atoms with Crippen LogP contribution in [0.3, 0.4) is 0 Å². The average molecular weight is 283 g/mol. The number of hydrogen-bond acceptors (Lipinski definition) is 3. The van der Waals surface area contributed by atoms with Gasteiger partial charge in [0.2, 0.25) is 0 Å². The minimum absolute atomic E-state index is 0.00620. The van der Waals surface area contributed by atoms with Crippen molar-refractivity contribution in [2.75, 3.05) is 13.7 Å². The monoisotopic (exact) mass is 283 g/mol. The topological polar surface area (TPSA) is 75.6 Å². The van der Waals surface area contributed by atoms with Crippen molar-refractivity contribution in [3.63, 3.8) is 0 Å². The maximum absolute atomic E-state index is 13.5. The molecule has 1 aromatic rings. The Morgan fingerprint density at radius 2 is 2.15 bits per heavy atom. The Bertz CT molecular complexity index is 490. The van der Waals surface area contributed by atoms with E-state index in [1.807, 2.05) is 6.92 Å². The van der Waals surface area contributed by atoms with Crippen LogP contribution in [0.2, 0.25) is 0 Å². The molecule has 20 heavy (non-hydrogen) atoms. The van der Waals surface area contributed by atoms with Gasteiger partial charge in [-0.2, -0.15) is 0 Å². The van der Waals surface area contributed by atoms with Gasteiger partial charge in [-0.15, -0.1) is 0 Å². The Kier molecular flexibility index (Phi) is 5.96. The van der Waals surface area contributed by atoms with Crippen molar-refractivity contribution in [2.45, 2.75) is 19.8 Å². The summed E-state index contributed by atoms with van der Waals surface area (Å²) in [6, 6.07) is 3.92. The Labute approximate surface area is 116 Å². The van der Waals surface area contributed by atoms with Crippen LogP contribution < -0.4 is 10.1 Å². The molecule has 0 aromatic heterocycles. The first-order valence-corrected chi connectivity index (χ1v) is 6.31. The number of methoxy groups -OCH3 is 1. The van der Waals surface area contributed by atoms with E-state index < -0.39 is 17.7 Å². The average Bonchev–Trinajstić information content (AvgIpc) is 2.42. The normalized spacial score (nSPS) is 11.8. The van der Waals surface area contributed by atoms with E-state index in [1.54, 1.807) is 0 Å². The fraction of sp³-hybridized carbons (Fsp3) is 0.429. The molecule has 0 fully saturated rings. The lowest BCUT2D eigenvalue weighted by molar-refractivity contribution is -0.138. The van der Waals surface area contributed by atoms with Crippen LogP contribution in [-0.4, -0.2) is 30.6 Å². The lowest BCUT2D eigenvalue weighted by Crippen LogP contribution is -2.30. The number of aliphatic carboxylic acids is 1. The standard InChI is InChI=1S/C14H18FNO4/c1-3-9(6-13(17)18)8-16-14(19)10-4-5-12(20-2)11(15)7-10/h4-5,7,9H,3,6,8H2,1-2H3,(H,16,19)(H,17,18). The Morgan fingerprint density at radius 1 is 1.45 bits per heavy atom. The largest absolute Gasteiger partial charge is 0.494 e. The number of ether oxygens (including phenoxy) is 1. The number of benzene rings is 1. The second-order valence-corrected chi connectivity index (χ2v) is 4.43. The van der Waals surface area contributed by atoms with Gasteiger partial charge in [0.1, 0.15) is 0 Å². The summed E-state index contributed by atoms with van der Waals surface area (Å²) >= 11 is 0. The zero-order valence-corrected chi connectivity index (χ0v) is 11.5. The Balaban J connectivity index is 2.62. The van der Waals surface area contributed by atoms with Gasteiger partial charge in [-0.25, -0.2) is 4.39 Å². The zero-order valence-electron chi connectivity index (χ0n) is 11.5. The summed E-state index contributed by atoms with van der Waals surface area (Å²) in [4.78, 5) is 22.5. The lowest BCUT2D eigenvalue weighted by atomic mass is 10.0. The molecule has 2 N–H and O–H groups in total. The van der Waals surface area contributed by atoms with E-state index in [2.05, 4.69) is 5.32 Å². The van der Waals surface area contributed by atoms with Crippen molar-refractivity contribution in [3.05, 3.63) is 29.6 Å². The summed E-state index contributed by atoms with van der Waals surface area (Å²) in [6.45, 7) is 2.10. The molecule has 1 rings (SSSR count). The van der Waals surface area contributed by atoms with Crippen LogP contribution in [0, 0.1) is 11.7 Å². The molecule has 5 nitrogen and oxygen atoms in total. The third-order valence-electron chi connectivity index (χ3n) is 3.01. The van der Waals surface area contributed by atoms with E-state index in [9.17, 15) is 14.0 Å². The highest BCUT2D eigenvalue weighted by molar-refractivity contribution is 5.94. The van der Waals surface area contributed by atoms with Crippen molar-refractivity contribution in [3.8, 4) is 5.75 Å². The van der Waals surface area contributed by atoms with E-state index in [0.29, 0.717) is 6.42 Å². The van der Waals surface area contributed by atoms with Gasteiger partial charge >= 0.3 is 5.97 Å². The van der Waals surface area contributed by atoms with Crippen molar-refractivity contribution < 1.29 is 23.8 Å². The first-order chi connectivity index (χ1) is 9.47. The van der Waals surface area contributed by atoms with Crippen LogP contribution in [0.1, 0.15) is 30.1 Å². The van der Waals surface area contributed by atoms with Crippen molar-refractivity contribution in [1.29, 1.82) is 0 Å². The van der Waals surface area contributed by atoms with E-state index >= 15 is 0 Å². The first-order valence-electron chi connectivity index (χ1n) is 6.31. The highest BCUT2D eigenvalue weighted by Gasteiger charge is 2.14. The van der Waals surface area contributed by atoms with Gasteiger partial charge in [-0.3, -0.25) is 9.59 Å². The van der Waals surface area contributed by atoms with Crippen LogP contribution in [0.25, 0.3) is 0 Å². The summed E-state index contributed by atoms with van der Waals surface area (Å²) in [5.74, 6) is -2.02. The van der Waals surface area contributed by atoms with E-state index in [1.165, 1.54) is 19.2 Å². The molecule has 1 unspecified atom stereocenters. The van der Waals surface area contributed by atoms with Crippen LogP contribution in [0.5, 0.6) is 5.75 Å². The molecule has 0 heterocycles. The van der Waals surface area contributed by atoms with Crippen LogP contribution in [0.4, 0.5) is 4.39 Å². The number of carbonyl (C=O) groups is 2. The molecule has 0 bridgehead atoms. The lowest BCUT2D eigenvalue weighted by Gasteiger charge is -2.13. The molecule has 0 saturated heterocycles. The molecule has 1 aromatic carbocycles. The van der Waals surface area contributed by atoms with Gasteiger partial charge < -0.3 is 15.2 Å². The molecule has 0 aliphatic heterocycles. The van der Waals surface area contributed by atoms with Crippen LogP contribution in [0.15, 0.2) is 18.2 Å². The van der Waals surface area contributed by atoms with Gasteiger partial charge in [0.15, 0.2) is 11.6 Å². The van der Waals surface area contributed by atoms with Gasteiger partial charge in [0, 0.05) is 18.5 Å². The van der Waals surface area contributed by atoms with E-state index in [-0.39, 0.29) is 30.2 Å². The SMILES string of the molecule is CCC(CNC(=O)c1ccc(OC)c(F)c1)CC(=O)O. The fourth-order valence-corrected chi connectivity index (χ4v) is 1.75. The highest BCUT2D eigenvalue weighted by Crippen LogP contribution is 2.17. The number of hydrogen-bond donors (Lipinski definition) is 2. The quantitative estimate of drug-likeness (QED) is 0.803. The molecule has 6 heteroatoms. The first kappa shape index (κ1) is 15.9. The maximum Gasteiger partial charge on any atom is 0.303 e. The van der Waals surface area contributed by atoms with Crippen molar-refractivity contribution in [2.24, 2.45) is 5.92 Å². The molecule has 0 radical (unpaired) electrons. The third-order valence-corrected chi connectivity index (χ3v) is 3.01. The number of rotatable bonds is 7. The summed E-state index contributed by atoms with van der Waals surface area (Å²) in [6.07, 6.45) is 0.636. The van der Waals surface area contributed by atoms with E-state index in [0.717, 1.165) is 6.07 Å². The number of carboxylic acid groups (broad SMARTS) is 1. The van der Waals surface area contributed by atoms with Crippen molar-refractivity contribution in [1.82, 2.24) is 5.32 Å². The highest BCUT2D eigenvalue weighted by atomic mass is 19.1. The molecule has 1 amide bonds. The Hall–Kier alpha value is -2.11. The summed E-state index contributed by atoms with van der Waals surface area (Å²) in [5.41, 5.74) is 0.175. The zero-order chi connectivity index (χ0) is 15.1. The molecule has 1 atom stereocenters. The molecule has 110 valence electrons. The minimum atomic E-state index is -0.901. The fourth-order valence-electron chi connectivity index (χ4n) is 1.75. The van der Waals surface area contributed by atoms with E-state index in [4.69, 9.17) is 9.84 Å². The molecule has 0 saturated carbocycles. The molecule has 0 spiro atoms. The summed E-state index contributed by atoms with van der Waals surface area (Å²) < 4.78 is 18.2. The van der Waals surface area contributed by atoms with Gasteiger partial charge in [-0.1, -0.05) is 13.3 Å². The number of carbonyl (C=O) groups excluding carboxylic acids is 1. The third kappa shape index (κ3) is 4.53. The van der Waals surface area contributed by atoms with Crippen LogP contribution >= 0.6 is 0 Å². The molecule has 0 aliphatic carbocycles. The number of nitrogens with one attached hydrogen (secondary N) is 1. The minimum Gasteiger partial charge on any atom is -0.494 e. The maximum atomic E-state index is 13.5. The van der Waals surface area contributed by atoms with Gasteiger partial charge in [0.05, 0.1) is 7.11 Å². The molecular formula is C14H18FNO4. The van der Waals surface area contributed by atoms with Crippen LogP contribution in [-0.2, 0) is 4.79 Å². The second kappa shape index (κ2) is 7.47. The van der Waals surface area contributed by atoms with Gasteiger partial charge in [0.25, 0.3) is 5.91 Å². The predicted octanol–water partition coefficient (Wildman–Crippen LogP) is 2.06. The van der Waals surface area contributed by atoms with Crippen molar-refractivity contribution >= 4 is 11.9 Å². The van der Waals surface area contributed by atoms with Gasteiger partial charge in [-0.05, 0) is 24.1 Å². The number of carboxylic acids is 1. The number of halogens is 1. The second-order valence-electron chi connectivity index (χ2n) is 4.43. The smallest absolute Gasteiger partial charge is 0.303 e. The molecule has 0 aliphatic rings. The Morgan fingerprint density at radius 3 is 2.65 bits per heavy atom.